The lowest BCUT2D eigenvalue weighted by molar-refractivity contribution is -0.119. The molecule has 2 aromatic rings. The van der Waals surface area contributed by atoms with Crippen molar-refractivity contribution in [3.8, 4) is 0 Å². The van der Waals surface area contributed by atoms with Crippen LogP contribution in [0.15, 0.2) is 53.9 Å². The van der Waals surface area contributed by atoms with Crippen LogP contribution in [-0.4, -0.2) is 33.3 Å². The quantitative estimate of drug-likeness (QED) is 0.906. The zero-order valence-electron chi connectivity index (χ0n) is 13.4. The van der Waals surface area contributed by atoms with Crippen molar-refractivity contribution in [2.75, 3.05) is 5.01 Å². The number of benzene rings is 1. The van der Waals surface area contributed by atoms with E-state index in [-0.39, 0.29) is 24.3 Å². The van der Waals surface area contributed by atoms with E-state index in [9.17, 15) is 9.59 Å². The summed E-state index contributed by atoms with van der Waals surface area (Å²) in [4.78, 5) is 24.5. The number of carbonyl (C=O) groups is 2. The number of hydrogen-bond donors (Lipinski definition) is 1. The maximum Gasteiger partial charge on any atom is 0.267 e. The highest BCUT2D eigenvalue weighted by Crippen LogP contribution is 2.19. The van der Waals surface area contributed by atoms with Crippen LogP contribution < -0.4 is 10.3 Å². The molecule has 0 fully saturated rings. The van der Waals surface area contributed by atoms with E-state index in [1.54, 1.807) is 23.0 Å². The number of para-hydroxylation sites is 1. The van der Waals surface area contributed by atoms with Crippen LogP contribution in [0.5, 0.6) is 0 Å². The van der Waals surface area contributed by atoms with Gasteiger partial charge in [0.05, 0.1) is 12.2 Å². The molecule has 1 N–H and O–H groups in total. The number of carbonyl (C=O) groups excluding carboxylic acids is 2. The zero-order valence-corrected chi connectivity index (χ0v) is 13.4. The summed E-state index contributed by atoms with van der Waals surface area (Å²) in [5, 5.41) is 12.6. The lowest BCUT2D eigenvalue weighted by Gasteiger charge is -2.24. The molecule has 7 nitrogen and oxygen atoms in total. The van der Waals surface area contributed by atoms with E-state index in [1.165, 1.54) is 5.01 Å². The lowest BCUT2D eigenvalue weighted by atomic mass is 10.1. The molecule has 0 radical (unpaired) electrons. The molecule has 0 saturated carbocycles. The summed E-state index contributed by atoms with van der Waals surface area (Å²) in [7, 11) is 0. The Morgan fingerprint density at radius 3 is 2.75 bits per heavy atom. The highest BCUT2D eigenvalue weighted by molar-refractivity contribution is 6.40. The predicted molar refractivity (Wildman–Crippen MR) is 90.4 cm³/mol. The molecule has 0 aliphatic carbocycles. The summed E-state index contributed by atoms with van der Waals surface area (Å²) >= 11 is 0. The Hall–Kier alpha value is -2.96. The Balaban J connectivity index is 1.68. The lowest BCUT2D eigenvalue weighted by Crippen LogP contribution is -2.43. The van der Waals surface area contributed by atoms with Crippen molar-refractivity contribution in [3.05, 3.63) is 48.8 Å². The van der Waals surface area contributed by atoms with Gasteiger partial charge in [-0.15, -0.1) is 0 Å². The van der Waals surface area contributed by atoms with E-state index in [0.29, 0.717) is 24.4 Å². The third-order valence-corrected chi connectivity index (χ3v) is 3.69. The second-order valence-corrected chi connectivity index (χ2v) is 5.69. The van der Waals surface area contributed by atoms with Crippen LogP contribution in [0.3, 0.4) is 0 Å². The topological polar surface area (TPSA) is 79.6 Å². The highest BCUT2D eigenvalue weighted by atomic mass is 16.2. The molecule has 0 unspecified atom stereocenters. The molecular formula is C17H19N5O2. The van der Waals surface area contributed by atoms with Crippen molar-refractivity contribution in [2.45, 2.75) is 32.4 Å². The first-order chi connectivity index (χ1) is 11.6. The molecule has 2 heterocycles. The van der Waals surface area contributed by atoms with Gasteiger partial charge in [0.2, 0.25) is 5.91 Å². The fourth-order valence-electron chi connectivity index (χ4n) is 2.53. The summed E-state index contributed by atoms with van der Waals surface area (Å²) in [6.45, 7) is 2.48. The van der Waals surface area contributed by atoms with Crippen LogP contribution in [0.25, 0.3) is 0 Å². The minimum Gasteiger partial charge on any atom is -0.347 e. The minimum atomic E-state index is -0.247. The van der Waals surface area contributed by atoms with Crippen LogP contribution in [0.4, 0.5) is 5.69 Å². The molecule has 124 valence electrons. The van der Waals surface area contributed by atoms with Gasteiger partial charge < -0.3 is 5.32 Å². The molecule has 0 spiro atoms. The fourth-order valence-corrected chi connectivity index (χ4v) is 2.53. The Morgan fingerprint density at radius 1 is 1.25 bits per heavy atom. The summed E-state index contributed by atoms with van der Waals surface area (Å²) in [6, 6.07) is 10.9. The molecule has 1 atom stereocenters. The van der Waals surface area contributed by atoms with Gasteiger partial charge in [-0.2, -0.15) is 10.2 Å². The van der Waals surface area contributed by atoms with Gasteiger partial charge in [0.25, 0.3) is 5.91 Å². The minimum absolute atomic E-state index is 0.0945. The van der Waals surface area contributed by atoms with Gasteiger partial charge in [0.1, 0.15) is 5.71 Å². The van der Waals surface area contributed by atoms with Gasteiger partial charge >= 0.3 is 0 Å². The van der Waals surface area contributed by atoms with Crippen molar-refractivity contribution in [1.82, 2.24) is 15.1 Å². The Kier molecular flexibility index (Phi) is 4.69. The number of hydrogen-bond acceptors (Lipinski definition) is 4. The first-order valence-electron chi connectivity index (χ1n) is 7.87. The molecule has 7 heteroatoms. The van der Waals surface area contributed by atoms with Crippen molar-refractivity contribution in [3.63, 3.8) is 0 Å². The molecule has 1 aromatic carbocycles. The number of nitrogens with zero attached hydrogens (tertiary/aromatic N) is 4. The molecule has 1 aromatic heterocycles. The van der Waals surface area contributed by atoms with Gasteiger partial charge in [-0.05, 0) is 25.1 Å². The summed E-state index contributed by atoms with van der Waals surface area (Å²) in [5.74, 6) is -0.356. The maximum atomic E-state index is 12.4. The number of aromatic nitrogens is 2. The van der Waals surface area contributed by atoms with Gasteiger partial charge in [-0.25, -0.2) is 5.01 Å². The van der Waals surface area contributed by atoms with E-state index < -0.39 is 0 Å². The molecule has 1 aliphatic rings. The van der Waals surface area contributed by atoms with Crippen molar-refractivity contribution >= 4 is 23.2 Å². The van der Waals surface area contributed by atoms with Crippen molar-refractivity contribution in [2.24, 2.45) is 5.10 Å². The monoisotopic (exact) mass is 325 g/mol. The molecule has 3 rings (SSSR count). The third kappa shape index (κ3) is 3.68. The van der Waals surface area contributed by atoms with Crippen LogP contribution in [-0.2, 0) is 16.1 Å². The van der Waals surface area contributed by atoms with Gasteiger partial charge in [-0.3, -0.25) is 14.3 Å². The molecule has 24 heavy (non-hydrogen) atoms. The second kappa shape index (κ2) is 7.08. The summed E-state index contributed by atoms with van der Waals surface area (Å²) in [5.41, 5.74) is 1.03. The third-order valence-electron chi connectivity index (χ3n) is 3.69. The van der Waals surface area contributed by atoms with Crippen LogP contribution in [0, 0.1) is 0 Å². The number of rotatable bonds is 5. The smallest absolute Gasteiger partial charge is 0.267 e. The normalized spacial score (nSPS) is 15.8. The molecular weight excluding hydrogens is 306 g/mol. The van der Waals surface area contributed by atoms with Crippen molar-refractivity contribution in [1.29, 1.82) is 0 Å². The number of nitrogens with one attached hydrogen (secondary N) is 1. The largest absolute Gasteiger partial charge is 0.347 e. The molecule has 1 aliphatic heterocycles. The van der Waals surface area contributed by atoms with Gasteiger partial charge in [-0.1, -0.05) is 18.2 Å². The SMILES string of the molecule is C[C@@H](Cn1cccn1)NC(=O)C1=NN(c2ccccc2)C(=O)CC1. The van der Waals surface area contributed by atoms with Crippen LogP contribution in [0.2, 0.25) is 0 Å². The van der Waals surface area contributed by atoms with E-state index in [2.05, 4.69) is 15.5 Å². The first-order valence-corrected chi connectivity index (χ1v) is 7.87. The number of amides is 2. The van der Waals surface area contributed by atoms with E-state index in [1.807, 2.05) is 37.4 Å². The second-order valence-electron chi connectivity index (χ2n) is 5.69. The molecule has 2 amide bonds. The Labute approximate surface area is 140 Å². The van der Waals surface area contributed by atoms with Gasteiger partial charge in [0.15, 0.2) is 0 Å². The molecule has 0 bridgehead atoms. The van der Waals surface area contributed by atoms with Crippen LogP contribution in [0.1, 0.15) is 19.8 Å². The number of hydrazone groups is 1. The van der Waals surface area contributed by atoms with E-state index >= 15 is 0 Å². The average molecular weight is 325 g/mol. The predicted octanol–water partition coefficient (Wildman–Crippen LogP) is 1.57. The Morgan fingerprint density at radius 2 is 2.04 bits per heavy atom. The summed E-state index contributed by atoms with van der Waals surface area (Å²) in [6.07, 6.45) is 4.16. The van der Waals surface area contributed by atoms with Crippen LogP contribution >= 0.6 is 0 Å². The first kappa shape index (κ1) is 15.9. The zero-order chi connectivity index (χ0) is 16.9. The average Bonchev–Trinajstić information content (AvgIpc) is 3.08. The van der Waals surface area contributed by atoms with Crippen molar-refractivity contribution < 1.29 is 9.59 Å². The fraction of sp³-hybridized carbons (Fsp3) is 0.294. The number of anilines is 1. The van der Waals surface area contributed by atoms with Gasteiger partial charge in [0, 0.05) is 31.3 Å². The standard InChI is InChI=1S/C17H19N5O2/c1-13(12-21-11-5-10-18-21)19-17(24)15-8-9-16(23)22(20-15)14-6-3-2-4-7-14/h2-7,10-11,13H,8-9,12H2,1H3,(H,19,24)/t13-/m0/s1. The molecule has 0 saturated heterocycles. The summed E-state index contributed by atoms with van der Waals surface area (Å²) < 4.78 is 1.76. The highest BCUT2D eigenvalue weighted by Gasteiger charge is 2.26. The van der Waals surface area contributed by atoms with E-state index in [4.69, 9.17) is 0 Å². The Bertz CT molecular complexity index is 740. The maximum absolute atomic E-state index is 12.4. The van der Waals surface area contributed by atoms with E-state index in [0.717, 1.165) is 0 Å².